The summed E-state index contributed by atoms with van der Waals surface area (Å²) in [5, 5.41) is 17.1. The Labute approximate surface area is 107 Å². The van der Waals surface area contributed by atoms with E-state index in [1.54, 1.807) is 6.33 Å². The number of aliphatic carboxylic acids is 1. The fraction of sp³-hybridized carbons (Fsp3) is 0.769. The largest absolute Gasteiger partial charge is 0.481 e. The van der Waals surface area contributed by atoms with Crippen LogP contribution < -0.4 is 0 Å². The SMILES string of the molecule is CC(C)(CC(=O)O)Cc1nncn1C1CCCC1. The molecule has 0 unspecified atom stereocenters. The molecule has 18 heavy (non-hydrogen) atoms. The summed E-state index contributed by atoms with van der Waals surface area (Å²) >= 11 is 0. The van der Waals surface area contributed by atoms with Crippen molar-refractivity contribution in [3.63, 3.8) is 0 Å². The van der Waals surface area contributed by atoms with Gasteiger partial charge in [0.15, 0.2) is 0 Å². The average molecular weight is 251 g/mol. The topological polar surface area (TPSA) is 68.0 Å². The Morgan fingerprint density at radius 1 is 1.50 bits per heavy atom. The standard InChI is InChI=1S/C13H21N3O2/c1-13(2,8-12(17)18)7-11-15-14-9-16(11)10-5-3-4-6-10/h9-10H,3-8H2,1-2H3,(H,17,18). The van der Waals surface area contributed by atoms with Crippen molar-refractivity contribution in [1.29, 1.82) is 0 Å². The van der Waals surface area contributed by atoms with E-state index in [0.717, 1.165) is 5.82 Å². The second-order valence-corrected chi connectivity index (χ2v) is 6.00. The number of carbonyl (C=O) groups is 1. The Morgan fingerprint density at radius 2 is 2.17 bits per heavy atom. The number of rotatable bonds is 5. The first-order valence-electron chi connectivity index (χ1n) is 6.58. The maximum absolute atomic E-state index is 10.8. The molecule has 0 bridgehead atoms. The lowest BCUT2D eigenvalue weighted by Crippen LogP contribution is -2.22. The highest BCUT2D eigenvalue weighted by molar-refractivity contribution is 5.67. The van der Waals surface area contributed by atoms with Gasteiger partial charge in [0, 0.05) is 12.5 Å². The number of aromatic nitrogens is 3. The van der Waals surface area contributed by atoms with Gasteiger partial charge in [0.05, 0.1) is 6.42 Å². The molecule has 5 heteroatoms. The Bertz CT molecular complexity index is 420. The van der Waals surface area contributed by atoms with Crippen LogP contribution in [-0.2, 0) is 11.2 Å². The molecule has 0 aromatic carbocycles. The van der Waals surface area contributed by atoms with Crippen LogP contribution in [0.4, 0.5) is 0 Å². The molecular weight excluding hydrogens is 230 g/mol. The number of hydrogen-bond donors (Lipinski definition) is 1. The van der Waals surface area contributed by atoms with Crippen molar-refractivity contribution < 1.29 is 9.90 Å². The van der Waals surface area contributed by atoms with Crippen LogP contribution in [0.5, 0.6) is 0 Å². The number of hydrogen-bond acceptors (Lipinski definition) is 3. The molecule has 1 aliphatic carbocycles. The zero-order chi connectivity index (χ0) is 13.2. The summed E-state index contributed by atoms with van der Waals surface area (Å²) in [7, 11) is 0. The van der Waals surface area contributed by atoms with Crippen molar-refractivity contribution in [2.24, 2.45) is 5.41 Å². The summed E-state index contributed by atoms with van der Waals surface area (Å²) in [6.45, 7) is 3.93. The molecule has 0 aliphatic heterocycles. The van der Waals surface area contributed by atoms with E-state index in [4.69, 9.17) is 5.11 Å². The molecule has 0 saturated heterocycles. The second kappa shape index (κ2) is 5.08. The molecule has 2 rings (SSSR count). The van der Waals surface area contributed by atoms with E-state index in [1.807, 2.05) is 13.8 Å². The Morgan fingerprint density at radius 3 is 2.78 bits per heavy atom. The van der Waals surface area contributed by atoms with Crippen LogP contribution in [-0.4, -0.2) is 25.8 Å². The highest BCUT2D eigenvalue weighted by atomic mass is 16.4. The van der Waals surface area contributed by atoms with E-state index < -0.39 is 5.97 Å². The van der Waals surface area contributed by atoms with Gasteiger partial charge in [-0.05, 0) is 18.3 Å². The molecule has 100 valence electrons. The Kier molecular flexibility index (Phi) is 3.68. The second-order valence-electron chi connectivity index (χ2n) is 6.00. The molecular formula is C13H21N3O2. The minimum absolute atomic E-state index is 0.157. The van der Waals surface area contributed by atoms with E-state index in [-0.39, 0.29) is 11.8 Å². The van der Waals surface area contributed by atoms with Gasteiger partial charge >= 0.3 is 5.97 Å². The maximum Gasteiger partial charge on any atom is 0.303 e. The lowest BCUT2D eigenvalue weighted by atomic mass is 9.85. The van der Waals surface area contributed by atoms with Crippen LogP contribution in [0.1, 0.15) is 57.8 Å². The molecule has 1 heterocycles. The lowest BCUT2D eigenvalue weighted by molar-refractivity contribution is -0.139. The van der Waals surface area contributed by atoms with E-state index in [0.29, 0.717) is 12.5 Å². The Hall–Kier alpha value is -1.39. The summed E-state index contributed by atoms with van der Waals surface area (Å²) in [6, 6.07) is 0.510. The molecule has 1 aromatic heterocycles. The molecule has 5 nitrogen and oxygen atoms in total. The zero-order valence-electron chi connectivity index (χ0n) is 11.1. The summed E-state index contributed by atoms with van der Waals surface area (Å²) < 4.78 is 2.15. The fourth-order valence-corrected chi connectivity index (χ4v) is 2.78. The van der Waals surface area contributed by atoms with Crippen molar-refractivity contribution in [2.45, 2.75) is 58.4 Å². The van der Waals surface area contributed by atoms with E-state index >= 15 is 0 Å². The average Bonchev–Trinajstić information content (AvgIpc) is 2.83. The summed E-state index contributed by atoms with van der Waals surface area (Å²) in [5.41, 5.74) is -0.283. The summed E-state index contributed by atoms with van der Waals surface area (Å²) in [5.74, 6) is 0.167. The third-order valence-corrected chi connectivity index (χ3v) is 3.63. The van der Waals surface area contributed by atoms with Gasteiger partial charge in [0.25, 0.3) is 0 Å². The first kappa shape index (κ1) is 13.1. The van der Waals surface area contributed by atoms with E-state index in [2.05, 4.69) is 14.8 Å². The van der Waals surface area contributed by atoms with Crippen molar-refractivity contribution in [1.82, 2.24) is 14.8 Å². The molecule has 1 aromatic rings. The highest BCUT2D eigenvalue weighted by Crippen LogP contribution is 2.32. The molecule has 1 N–H and O–H groups in total. The normalized spacial score (nSPS) is 17.2. The Balaban J connectivity index is 2.09. The van der Waals surface area contributed by atoms with E-state index in [1.165, 1.54) is 25.7 Å². The van der Waals surface area contributed by atoms with Crippen LogP contribution in [0.15, 0.2) is 6.33 Å². The van der Waals surface area contributed by atoms with Crippen LogP contribution in [0, 0.1) is 5.41 Å². The zero-order valence-corrected chi connectivity index (χ0v) is 11.1. The quantitative estimate of drug-likeness (QED) is 0.872. The number of carboxylic acids is 1. The first-order valence-corrected chi connectivity index (χ1v) is 6.58. The minimum Gasteiger partial charge on any atom is -0.481 e. The van der Waals surface area contributed by atoms with Crippen molar-refractivity contribution in [3.8, 4) is 0 Å². The molecule has 1 aliphatic rings. The summed E-state index contributed by atoms with van der Waals surface area (Å²) in [4.78, 5) is 10.8. The number of carboxylic acid groups (broad SMARTS) is 1. The molecule has 1 fully saturated rings. The highest BCUT2D eigenvalue weighted by Gasteiger charge is 2.27. The number of nitrogens with zero attached hydrogens (tertiary/aromatic N) is 3. The van der Waals surface area contributed by atoms with Gasteiger partial charge in [-0.25, -0.2) is 0 Å². The molecule has 1 saturated carbocycles. The van der Waals surface area contributed by atoms with Gasteiger partial charge in [-0.2, -0.15) is 0 Å². The predicted molar refractivity (Wildman–Crippen MR) is 67.3 cm³/mol. The molecule has 0 radical (unpaired) electrons. The van der Waals surface area contributed by atoms with Crippen LogP contribution in [0.3, 0.4) is 0 Å². The molecule has 0 spiro atoms. The molecule has 0 atom stereocenters. The third-order valence-electron chi connectivity index (χ3n) is 3.63. The van der Waals surface area contributed by atoms with Crippen LogP contribution in [0.2, 0.25) is 0 Å². The van der Waals surface area contributed by atoms with Gasteiger partial charge in [0.1, 0.15) is 12.2 Å². The third kappa shape index (κ3) is 3.09. The maximum atomic E-state index is 10.8. The van der Waals surface area contributed by atoms with Gasteiger partial charge in [-0.15, -0.1) is 10.2 Å². The fourth-order valence-electron chi connectivity index (χ4n) is 2.78. The smallest absolute Gasteiger partial charge is 0.303 e. The van der Waals surface area contributed by atoms with Crippen LogP contribution >= 0.6 is 0 Å². The minimum atomic E-state index is -0.757. The predicted octanol–water partition coefficient (Wildman–Crippen LogP) is 2.44. The first-order chi connectivity index (χ1) is 8.48. The van der Waals surface area contributed by atoms with Gasteiger partial charge < -0.3 is 9.67 Å². The monoisotopic (exact) mass is 251 g/mol. The molecule has 0 amide bonds. The van der Waals surface area contributed by atoms with Crippen molar-refractivity contribution in [3.05, 3.63) is 12.2 Å². The van der Waals surface area contributed by atoms with Gasteiger partial charge in [-0.3, -0.25) is 4.79 Å². The van der Waals surface area contributed by atoms with Crippen molar-refractivity contribution >= 4 is 5.97 Å². The summed E-state index contributed by atoms with van der Waals surface area (Å²) in [6.07, 6.45) is 7.51. The van der Waals surface area contributed by atoms with Crippen LogP contribution in [0.25, 0.3) is 0 Å². The van der Waals surface area contributed by atoms with E-state index in [9.17, 15) is 4.79 Å². The lowest BCUT2D eigenvalue weighted by Gasteiger charge is -2.23. The van der Waals surface area contributed by atoms with Gasteiger partial charge in [0.2, 0.25) is 0 Å². The van der Waals surface area contributed by atoms with Gasteiger partial charge in [-0.1, -0.05) is 26.7 Å². The van der Waals surface area contributed by atoms with Crippen molar-refractivity contribution in [2.75, 3.05) is 0 Å².